The van der Waals surface area contributed by atoms with Gasteiger partial charge < -0.3 is 9.47 Å². The zero-order valence-electron chi connectivity index (χ0n) is 14.9. The van der Waals surface area contributed by atoms with Crippen molar-refractivity contribution in [2.75, 3.05) is 13.7 Å². The van der Waals surface area contributed by atoms with Gasteiger partial charge in [-0.15, -0.1) is 0 Å². The van der Waals surface area contributed by atoms with Gasteiger partial charge >= 0.3 is 0 Å². The highest BCUT2D eigenvalue weighted by Gasteiger charge is 2.35. The Kier molecular flexibility index (Phi) is 6.08. The van der Waals surface area contributed by atoms with E-state index in [9.17, 15) is 9.59 Å². The van der Waals surface area contributed by atoms with Crippen LogP contribution in [0.1, 0.15) is 18.1 Å². The van der Waals surface area contributed by atoms with Crippen LogP contribution in [-0.4, -0.2) is 29.8 Å². The summed E-state index contributed by atoms with van der Waals surface area (Å²) in [5.41, 5.74) is 1.55. The number of thioether (sulfide) groups is 1. The average molecular weight is 404 g/mol. The molecule has 2 aromatic rings. The molecule has 1 fully saturated rings. The third-order valence-electron chi connectivity index (χ3n) is 3.89. The number of hydrogen-bond acceptors (Lipinski definition) is 5. The molecular formula is C20H18ClNO4S. The van der Waals surface area contributed by atoms with Crippen LogP contribution >= 0.6 is 23.4 Å². The molecule has 3 rings (SSSR count). The number of nitrogens with zero attached hydrogens (tertiary/aromatic N) is 1. The van der Waals surface area contributed by atoms with Gasteiger partial charge in [-0.2, -0.15) is 0 Å². The summed E-state index contributed by atoms with van der Waals surface area (Å²) < 4.78 is 10.8. The van der Waals surface area contributed by atoms with Crippen LogP contribution in [-0.2, 0) is 11.3 Å². The third-order valence-corrected chi connectivity index (χ3v) is 5.03. The molecule has 0 aliphatic carbocycles. The Morgan fingerprint density at radius 2 is 1.96 bits per heavy atom. The van der Waals surface area contributed by atoms with E-state index in [4.69, 9.17) is 21.1 Å². The highest BCUT2D eigenvalue weighted by molar-refractivity contribution is 8.18. The Bertz CT molecular complexity index is 913. The molecule has 0 bridgehead atoms. The van der Waals surface area contributed by atoms with Crippen molar-refractivity contribution in [2.24, 2.45) is 0 Å². The van der Waals surface area contributed by atoms with Crippen LogP contribution in [0.4, 0.5) is 4.79 Å². The minimum Gasteiger partial charge on any atom is -0.493 e. The van der Waals surface area contributed by atoms with Gasteiger partial charge in [-0.3, -0.25) is 14.5 Å². The van der Waals surface area contributed by atoms with E-state index in [1.54, 1.807) is 43.5 Å². The molecule has 140 valence electrons. The number of carbonyl (C=O) groups is 2. The van der Waals surface area contributed by atoms with E-state index in [0.717, 1.165) is 22.9 Å². The Balaban J connectivity index is 1.81. The number of methoxy groups -OCH3 is 1. The monoisotopic (exact) mass is 403 g/mol. The predicted octanol–water partition coefficient (Wildman–Crippen LogP) is 4.98. The topological polar surface area (TPSA) is 55.8 Å². The van der Waals surface area contributed by atoms with Crippen molar-refractivity contribution in [3.8, 4) is 11.5 Å². The number of imide groups is 1. The molecular weight excluding hydrogens is 386 g/mol. The molecule has 1 heterocycles. The van der Waals surface area contributed by atoms with E-state index in [2.05, 4.69) is 0 Å². The smallest absolute Gasteiger partial charge is 0.293 e. The van der Waals surface area contributed by atoms with Crippen LogP contribution in [0.5, 0.6) is 11.5 Å². The van der Waals surface area contributed by atoms with Gasteiger partial charge in [0, 0.05) is 5.02 Å². The molecule has 7 heteroatoms. The lowest BCUT2D eigenvalue weighted by Gasteiger charge is -2.12. The second-order valence-corrected chi connectivity index (χ2v) is 7.17. The van der Waals surface area contributed by atoms with Gasteiger partial charge in [-0.05, 0) is 60.2 Å². The minimum absolute atomic E-state index is 0.190. The zero-order chi connectivity index (χ0) is 19.4. The molecule has 0 saturated carbocycles. The first-order chi connectivity index (χ1) is 13.0. The number of ether oxygens (including phenoxy) is 2. The van der Waals surface area contributed by atoms with Gasteiger partial charge in [0.05, 0.1) is 25.2 Å². The van der Waals surface area contributed by atoms with Crippen molar-refractivity contribution >= 4 is 40.6 Å². The van der Waals surface area contributed by atoms with Gasteiger partial charge in [-0.25, -0.2) is 0 Å². The molecule has 2 aromatic carbocycles. The molecule has 0 radical (unpaired) electrons. The molecule has 0 aromatic heterocycles. The number of hydrogen-bond donors (Lipinski definition) is 0. The molecule has 2 amide bonds. The molecule has 1 saturated heterocycles. The standard InChI is InChI=1S/C20H18ClNO4S/c1-3-26-16-8-7-13(10-17(16)25-2)11-18-19(23)22(20(24)27-18)12-14-5-4-6-15(21)9-14/h4-11H,3,12H2,1-2H3/b18-11-. The van der Waals surface area contributed by atoms with Gasteiger partial charge in [0.1, 0.15) is 0 Å². The maximum absolute atomic E-state index is 12.7. The van der Waals surface area contributed by atoms with E-state index in [1.807, 2.05) is 19.1 Å². The highest BCUT2D eigenvalue weighted by Crippen LogP contribution is 2.35. The Morgan fingerprint density at radius 1 is 1.15 bits per heavy atom. The fourth-order valence-corrected chi connectivity index (χ4v) is 3.71. The van der Waals surface area contributed by atoms with Crippen molar-refractivity contribution in [1.82, 2.24) is 4.90 Å². The fourth-order valence-electron chi connectivity index (χ4n) is 2.65. The highest BCUT2D eigenvalue weighted by atomic mass is 35.5. The molecule has 5 nitrogen and oxygen atoms in total. The van der Waals surface area contributed by atoms with Crippen molar-refractivity contribution in [1.29, 1.82) is 0 Å². The van der Waals surface area contributed by atoms with E-state index in [-0.39, 0.29) is 17.7 Å². The van der Waals surface area contributed by atoms with Crippen LogP contribution in [0.2, 0.25) is 5.02 Å². The number of amides is 2. The van der Waals surface area contributed by atoms with Crippen LogP contribution < -0.4 is 9.47 Å². The molecule has 1 aliphatic rings. The van der Waals surface area contributed by atoms with Crippen LogP contribution in [0.25, 0.3) is 6.08 Å². The van der Waals surface area contributed by atoms with E-state index < -0.39 is 0 Å². The Labute approximate surface area is 166 Å². The molecule has 0 unspecified atom stereocenters. The summed E-state index contributed by atoms with van der Waals surface area (Å²) in [6.45, 7) is 2.61. The van der Waals surface area contributed by atoms with E-state index >= 15 is 0 Å². The quantitative estimate of drug-likeness (QED) is 0.636. The number of rotatable bonds is 6. The molecule has 0 N–H and O–H groups in total. The Morgan fingerprint density at radius 3 is 2.67 bits per heavy atom. The first kappa shape index (κ1) is 19.3. The van der Waals surface area contributed by atoms with Gasteiger partial charge in [0.2, 0.25) is 0 Å². The summed E-state index contributed by atoms with van der Waals surface area (Å²) in [5.74, 6) is 0.882. The maximum Gasteiger partial charge on any atom is 0.293 e. The molecule has 1 aliphatic heterocycles. The van der Waals surface area contributed by atoms with Crippen LogP contribution in [0, 0.1) is 0 Å². The van der Waals surface area contributed by atoms with Crippen molar-refractivity contribution < 1.29 is 19.1 Å². The largest absolute Gasteiger partial charge is 0.493 e. The lowest BCUT2D eigenvalue weighted by molar-refractivity contribution is -0.123. The Hall–Kier alpha value is -2.44. The van der Waals surface area contributed by atoms with E-state index in [0.29, 0.717) is 28.0 Å². The third kappa shape index (κ3) is 4.46. The lowest BCUT2D eigenvalue weighted by atomic mass is 10.1. The summed E-state index contributed by atoms with van der Waals surface area (Å²) >= 11 is 6.90. The molecule has 27 heavy (non-hydrogen) atoms. The normalized spacial score (nSPS) is 15.5. The van der Waals surface area contributed by atoms with Gasteiger partial charge in [-0.1, -0.05) is 29.8 Å². The first-order valence-electron chi connectivity index (χ1n) is 8.32. The number of carbonyl (C=O) groups excluding carboxylic acids is 2. The van der Waals surface area contributed by atoms with Crippen molar-refractivity contribution in [3.05, 3.63) is 63.5 Å². The fraction of sp³-hybridized carbons (Fsp3) is 0.200. The molecule has 0 atom stereocenters. The summed E-state index contributed by atoms with van der Waals surface area (Å²) in [5, 5.41) is 0.264. The van der Waals surface area contributed by atoms with Crippen LogP contribution in [0.3, 0.4) is 0 Å². The first-order valence-corrected chi connectivity index (χ1v) is 9.52. The zero-order valence-corrected chi connectivity index (χ0v) is 16.5. The molecule has 0 spiro atoms. The summed E-state index contributed by atoms with van der Waals surface area (Å²) in [6.07, 6.45) is 1.68. The summed E-state index contributed by atoms with van der Waals surface area (Å²) in [6, 6.07) is 12.5. The second-order valence-electron chi connectivity index (χ2n) is 5.74. The minimum atomic E-state index is -0.321. The number of halogens is 1. The van der Waals surface area contributed by atoms with E-state index in [1.165, 1.54) is 4.90 Å². The van der Waals surface area contributed by atoms with Gasteiger partial charge in [0.25, 0.3) is 11.1 Å². The number of benzene rings is 2. The van der Waals surface area contributed by atoms with Crippen LogP contribution in [0.15, 0.2) is 47.4 Å². The lowest BCUT2D eigenvalue weighted by Crippen LogP contribution is -2.27. The predicted molar refractivity (Wildman–Crippen MR) is 107 cm³/mol. The second kappa shape index (κ2) is 8.50. The van der Waals surface area contributed by atoms with Gasteiger partial charge in [0.15, 0.2) is 11.5 Å². The summed E-state index contributed by atoms with van der Waals surface area (Å²) in [4.78, 5) is 26.5. The SMILES string of the molecule is CCOc1ccc(/C=C2\SC(=O)N(Cc3cccc(Cl)c3)C2=O)cc1OC. The average Bonchev–Trinajstić information content (AvgIpc) is 2.90. The maximum atomic E-state index is 12.7. The van der Waals surface area contributed by atoms with Crippen molar-refractivity contribution in [2.45, 2.75) is 13.5 Å². The van der Waals surface area contributed by atoms with Crippen molar-refractivity contribution in [3.63, 3.8) is 0 Å². The summed E-state index contributed by atoms with van der Waals surface area (Å²) in [7, 11) is 1.56.